The predicted molar refractivity (Wildman–Crippen MR) is 140 cm³/mol. The Morgan fingerprint density at radius 1 is 1.05 bits per heavy atom. The number of alkyl halides is 3. The molecule has 1 saturated carbocycles. The Labute approximate surface area is 223 Å². The van der Waals surface area contributed by atoms with Crippen LogP contribution in [-0.2, 0) is 4.79 Å². The average Bonchev–Trinajstić information content (AvgIpc) is 3.59. The first-order valence-corrected chi connectivity index (χ1v) is 12.9. The molecule has 0 radical (unpaired) electrons. The minimum Gasteiger partial charge on any atom is -0.475 e. The fourth-order valence-corrected chi connectivity index (χ4v) is 4.66. The van der Waals surface area contributed by atoms with Crippen LogP contribution in [0.15, 0.2) is 36.5 Å². The first-order valence-electron chi connectivity index (χ1n) is 12.9. The summed E-state index contributed by atoms with van der Waals surface area (Å²) in [4.78, 5) is 26.2. The van der Waals surface area contributed by atoms with Gasteiger partial charge in [0, 0.05) is 41.5 Å². The summed E-state index contributed by atoms with van der Waals surface area (Å²) < 4.78 is 33.6. The van der Waals surface area contributed by atoms with Gasteiger partial charge >= 0.3 is 12.1 Å². The minimum atomic E-state index is -5.08. The third-order valence-electron chi connectivity index (χ3n) is 6.75. The molecule has 0 spiro atoms. The zero-order valence-corrected chi connectivity index (χ0v) is 21.5. The lowest BCUT2D eigenvalue weighted by atomic mass is 10.1. The van der Waals surface area contributed by atoms with Gasteiger partial charge < -0.3 is 26.4 Å². The van der Waals surface area contributed by atoms with Crippen molar-refractivity contribution in [3.63, 3.8) is 0 Å². The molecule has 2 aliphatic rings. The van der Waals surface area contributed by atoms with Gasteiger partial charge in [0.05, 0.1) is 6.20 Å². The number of anilines is 3. The van der Waals surface area contributed by atoms with Gasteiger partial charge in [0.15, 0.2) is 5.65 Å². The first-order chi connectivity index (χ1) is 18.6. The Bertz CT molecular complexity index is 1280. The maximum absolute atomic E-state index is 12.5. The van der Waals surface area contributed by atoms with E-state index in [-0.39, 0.29) is 5.91 Å². The number of carboxylic acid groups (broad SMARTS) is 1. The molecule has 1 aliphatic carbocycles. The summed E-state index contributed by atoms with van der Waals surface area (Å²) in [5, 5.41) is 25.3. The smallest absolute Gasteiger partial charge is 0.475 e. The monoisotopic (exact) mass is 547 g/mol. The van der Waals surface area contributed by atoms with Crippen LogP contribution in [-0.4, -0.2) is 62.9 Å². The van der Waals surface area contributed by atoms with Crippen LogP contribution < -0.4 is 21.3 Å². The number of piperidine rings is 1. The van der Waals surface area contributed by atoms with Crippen molar-refractivity contribution in [2.75, 3.05) is 23.7 Å². The number of carboxylic acids is 1. The molecule has 3 heterocycles. The standard InChI is InChI=1S/C24H31N7O.C2HF3O2/c1-16-22(27-20-7-4-13-25-15-20)30-21-12-14-26-31(21)23(16)28-19-10-8-17(9-11-19)24(32)29-18-5-2-3-6-18;3-2(4,5)1(6)7/h8-12,14,18,20,25,28H,2-7,13,15H2,1H3,(H,27,30)(H,29,32);(H,6,7)/t20-;/m0./s1. The number of aliphatic carboxylic acids is 1. The lowest BCUT2D eigenvalue weighted by Crippen LogP contribution is -2.38. The average molecular weight is 548 g/mol. The minimum absolute atomic E-state index is 0.00517. The van der Waals surface area contributed by atoms with Crippen molar-refractivity contribution < 1.29 is 27.9 Å². The van der Waals surface area contributed by atoms with E-state index in [0.717, 1.165) is 67.3 Å². The van der Waals surface area contributed by atoms with Gasteiger partial charge in [-0.1, -0.05) is 12.8 Å². The molecule has 1 saturated heterocycles. The highest BCUT2D eigenvalue weighted by molar-refractivity contribution is 5.94. The molecule has 2 aromatic heterocycles. The molecule has 0 bridgehead atoms. The first kappa shape index (κ1) is 28.1. The van der Waals surface area contributed by atoms with Gasteiger partial charge in [-0.05, 0) is 63.4 Å². The molecular formula is C26H32F3N7O3. The van der Waals surface area contributed by atoms with E-state index in [0.29, 0.717) is 17.6 Å². The van der Waals surface area contributed by atoms with Crippen molar-refractivity contribution in [1.82, 2.24) is 25.2 Å². The highest BCUT2D eigenvalue weighted by atomic mass is 19.4. The summed E-state index contributed by atoms with van der Waals surface area (Å²) in [5.74, 6) is -1.01. The van der Waals surface area contributed by atoms with Gasteiger partial charge in [-0.2, -0.15) is 22.8 Å². The molecule has 1 aliphatic heterocycles. The zero-order valence-electron chi connectivity index (χ0n) is 21.5. The second kappa shape index (κ2) is 12.3. The molecule has 10 nitrogen and oxygen atoms in total. The van der Waals surface area contributed by atoms with E-state index in [4.69, 9.17) is 14.9 Å². The molecule has 5 N–H and O–H groups in total. The summed E-state index contributed by atoms with van der Waals surface area (Å²) in [5.41, 5.74) is 3.39. The van der Waals surface area contributed by atoms with Crippen molar-refractivity contribution in [3.8, 4) is 0 Å². The van der Waals surface area contributed by atoms with Gasteiger partial charge in [0.25, 0.3) is 5.91 Å². The van der Waals surface area contributed by atoms with Crippen molar-refractivity contribution in [2.45, 2.75) is 63.7 Å². The molecule has 1 atom stereocenters. The largest absolute Gasteiger partial charge is 0.490 e. The normalized spacial score (nSPS) is 17.8. The number of rotatable bonds is 6. The highest BCUT2D eigenvalue weighted by Crippen LogP contribution is 2.27. The summed E-state index contributed by atoms with van der Waals surface area (Å²) in [7, 11) is 0. The summed E-state index contributed by atoms with van der Waals surface area (Å²) >= 11 is 0. The van der Waals surface area contributed by atoms with Crippen LogP contribution in [0.25, 0.3) is 5.65 Å². The number of amides is 1. The van der Waals surface area contributed by atoms with E-state index in [9.17, 15) is 18.0 Å². The quantitative estimate of drug-likeness (QED) is 0.309. The molecule has 3 aromatic rings. The van der Waals surface area contributed by atoms with Gasteiger partial charge in [0.2, 0.25) is 0 Å². The van der Waals surface area contributed by atoms with Crippen LogP contribution in [0.3, 0.4) is 0 Å². The predicted octanol–water partition coefficient (Wildman–Crippen LogP) is 4.25. The van der Waals surface area contributed by atoms with Crippen LogP contribution in [0, 0.1) is 6.92 Å². The van der Waals surface area contributed by atoms with Crippen LogP contribution in [0.1, 0.15) is 54.4 Å². The third-order valence-corrected chi connectivity index (χ3v) is 6.75. The molecule has 2 fully saturated rings. The van der Waals surface area contributed by atoms with Crippen molar-refractivity contribution in [1.29, 1.82) is 0 Å². The van der Waals surface area contributed by atoms with E-state index >= 15 is 0 Å². The van der Waals surface area contributed by atoms with E-state index in [2.05, 4.69) is 33.3 Å². The fourth-order valence-electron chi connectivity index (χ4n) is 4.66. The lowest BCUT2D eigenvalue weighted by Gasteiger charge is -2.25. The van der Waals surface area contributed by atoms with E-state index in [1.165, 1.54) is 12.8 Å². The topological polar surface area (TPSA) is 133 Å². The fraction of sp³-hybridized carbons (Fsp3) is 0.462. The van der Waals surface area contributed by atoms with Gasteiger partial charge in [-0.15, -0.1) is 0 Å². The molecule has 5 rings (SSSR count). The van der Waals surface area contributed by atoms with Crippen LogP contribution >= 0.6 is 0 Å². The van der Waals surface area contributed by atoms with Crippen LogP contribution in [0.4, 0.5) is 30.5 Å². The Morgan fingerprint density at radius 2 is 1.72 bits per heavy atom. The van der Waals surface area contributed by atoms with Crippen LogP contribution in [0.5, 0.6) is 0 Å². The Kier molecular flexibility index (Phi) is 8.90. The molecule has 39 heavy (non-hydrogen) atoms. The molecule has 13 heteroatoms. The van der Waals surface area contributed by atoms with Crippen molar-refractivity contribution >= 4 is 34.8 Å². The Balaban J connectivity index is 0.000000448. The number of aromatic nitrogens is 3. The molecule has 0 unspecified atom stereocenters. The zero-order chi connectivity index (χ0) is 28.0. The van der Waals surface area contributed by atoms with E-state index in [1.807, 2.05) is 34.8 Å². The number of hydrogen-bond donors (Lipinski definition) is 5. The number of carbonyl (C=O) groups excluding carboxylic acids is 1. The van der Waals surface area contributed by atoms with Crippen LogP contribution in [0.2, 0.25) is 0 Å². The van der Waals surface area contributed by atoms with Gasteiger partial charge in [-0.3, -0.25) is 4.79 Å². The summed E-state index contributed by atoms with van der Waals surface area (Å²) in [6, 6.07) is 10.2. The molecular weight excluding hydrogens is 515 g/mol. The van der Waals surface area contributed by atoms with E-state index < -0.39 is 12.1 Å². The van der Waals surface area contributed by atoms with Gasteiger partial charge in [-0.25, -0.2) is 9.78 Å². The number of nitrogens with zero attached hydrogens (tertiary/aromatic N) is 3. The number of halogens is 3. The number of nitrogens with one attached hydrogen (secondary N) is 4. The molecule has 1 aromatic carbocycles. The highest BCUT2D eigenvalue weighted by Gasteiger charge is 2.38. The number of carbonyl (C=O) groups is 2. The summed E-state index contributed by atoms with van der Waals surface area (Å²) in [6.45, 7) is 4.07. The second-order valence-corrected chi connectivity index (χ2v) is 9.68. The number of fused-ring (bicyclic) bond motifs is 1. The Morgan fingerprint density at radius 3 is 2.33 bits per heavy atom. The Hall–Kier alpha value is -3.87. The van der Waals surface area contributed by atoms with Crippen molar-refractivity contribution in [2.24, 2.45) is 0 Å². The summed E-state index contributed by atoms with van der Waals surface area (Å²) in [6.07, 6.45) is 3.54. The number of hydrogen-bond acceptors (Lipinski definition) is 7. The molecule has 210 valence electrons. The maximum Gasteiger partial charge on any atom is 0.490 e. The van der Waals surface area contributed by atoms with E-state index in [1.54, 1.807) is 6.20 Å². The maximum atomic E-state index is 12.5. The van der Waals surface area contributed by atoms with Gasteiger partial charge in [0.1, 0.15) is 11.6 Å². The lowest BCUT2D eigenvalue weighted by molar-refractivity contribution is -0.192. The second-order valence-electron chi connectivity index (χ2n) is 9.68. The third kappa shape index (κ3) is 7.37. The molecule has 1 amide bonds. The SMILES string of the molecule is Cc1c(N[C@H]2CCCNC2)nc2ccnn2c1Nc1ccc(C(=O)NC2CCCC2)cc1.O=C(O)C(F)(F)F. The number of benzene rings is 1. The van der Waals surface area contributed by atoms with Crippen molar-refractivity contribution in [3.05, 3.63) is 47.7 Å².